The third kappa shape index (κ3) is 1.36. The zero-order valence-corrected chi connectivity index (χ0v) is 9.28. The van der Waals surface area contributed by atoms with Crippen molar-refractivity contribution >= 4 is 16.9 Å². The van der Waals surface area contributed by atoms with Crippen molar-refractivity contribution in [2.45, 2.75) is 12.3 Å². The molecule has 0 atom stereocenters. The molecule has 1 aromatic carbocycles. The molecule has 0 bridgehead atoms. The van der Waals surface area contributed by atoms with E-state index in [-0.39, 0.29) is 5.78 Å². The van der Waals surface area contributed by atoms with Crippen LogP contribution < -0.4 is 5.76 Å². The Labute approximate surface area is 96.4 Å². The first-order valence-electron chi connectivity index (χ1n) is 5.34. The second kappa shape index (κ2) is 3.30. The van der Waals surface area contributed by atoms with Crippen molar-refractivity contribution in [1.29, 1.82) is 0 Å². The van der Waals surface area contributed by atoms with E-state index in [1.807, 2.05) is 6.07 Å². The first-order chi connectivity index (χ1) is 8.12. The summed E-state index contributed by atoms with van der Waals surface area (Å²) < 4.78 is 10.1. The van der Waals surface area contributed by atoms with Crippen LogP contribution in [-0.4, -0.2) is 24.0 Å². The van der Waals surface area contributed by atoms with Crippen LogP contribution in [0.5, 0.6) is 0 Å². The number of ketones is 1. The summed E-state index contributed by atoms with van der Waals surface area (Å²) in [5, 5.41) is 0. The van der Waals surface area contributed by atoms with Crippen LogP contribution in [0.25, 0.3) is 11.1 Å². The first kappa shape index (κ1) is 10.3. The monoisotopic (exact) mass is 233 g/mol. The summed E-state index contributed by atoms with van der Waals surface area (Å²) in [5.41, 5.74) is 1.38. The molecule has 2 heterocycles. The van der Waals surface area contributed by atoms with Crippen molar-refractivity contribution in [2.75, 3.05) is 13.2 Å². The van der Waals surface area contributed by atoms with Gasteiger partial charge < -0.3 is 9.15 Å². The standard InChI is InChI=1S/C12H11NO4/c1-7(14)12(5-16-6-12)8-2-3-9-10(4-8)17-11(15)13-9/h2-4H,5-6H2,1H3,(H,13,15). The minimum atomic E-state index is -0.565. The van der Waals surface area contributed by atoms with Crippen molar-refractivity contribution in [3.63, 3.8) is 0 Å². The summed E-state index contributed by atoms with van der Waals surface area (Å²) in [5.74, 6) is -0.417. The van der Waals surface area contributed by atoms with E-state index < -0.39 is 11.2 Å². The van der Waals surface area contributed by atoms with Gasteiger partial charge in [-0.2, -0.15) is 0 Å². The van der Waals surface area contributed by atoms with Crippen molar-refractivity contribution in [3.05, 3.63) is 34.3 Å². The number of aromatic nitrogens is 1. The lowest BCUT2D eigenvalue weighted by Gasteiger charge is -2.39. The fourth-order valence-corrected chi connectivity index (χ4v) is 2.12. The molecule has 88 valence electrons. The van der Waals surface area contributed by atoms with E-state index in [1.165, 1.54) is 0 Å². The second-order valence-corrected chi connectivity index (χ2v) is 4.36. The van der Waals surface area contributed by atoms with Gasteiger partial charge in [-0.15, -0.1) is 0 Å². The van der Waals surface area contributed by atoms with Gasteiger partial charge in [-0.3, -0.25) is 9.78 Å². The number of carbonyl (C=O) groups is 1. The quantitative estimate of drug-likeness (QED) is 0.839. The molecule has 5 heteroatoms. The van der Waals surface area contributed by atoms with E-state index in [1.54, 1.807) is 19.1 Å². The molecule has 1 N–H and O–H groups in total. The number of rotatable bonds is 2. The topological polar surface area (TPSA) is 72.3 Å². The third-order valence-corrected chi connectivity index (χ3v) is 3.34. The Morgan fingerprint density at radius 3 is 2.76 bits per heavy atom. The van der Waals surface area contributed by atoms with E-state index >= 15 is 0 Å². The van der Waals surface area contributed by atoms with E-state index in [4.69, 9.17) is 9.15 Å². The van der Waals surface area contributed by atoms with Crippen molar-refractivity contribution in [3.8, 4) is 0 Å². The average molecular weight is 233 g/mol. The third-order valence-electron chi connectivity index (χ3n) is 3.34. The Morgan fingerprint density at radius 2 is 2.18 bits per heavy atom. The summed E-state index contributed by atoms with van der Waals surface area (Å²) >= 11 is 0. The molecule has 2 aromatic rings. The number of ether oxygens (including phenoxy) is 1. The maximum Gasteiger partial charge on any atom is 0.417 e. The van der Waals surface area contributed by atoms with E-state index in [0.29, 0.717) is 24.3 Å². The highest BCUT2D eigenvalue weighted by Gasteiger charge is 2.45. The number of benzene rings is 1. The van der Waals surface area contributed by atoms with Crippen molar-refractivity contribution in [2.24, 2.45) is 0 Å². The number of nitrogens with one attached hydrogen (secondary N) is 1. The smallest absolute Gasteiger partial charge is 0.408 e. The molecule has 0 aliphatic carbocycles. The zero-order chi connectivity index (χ0) is 12.0. The van der Waals surface area contributed by atoms with Gasteiger partial charge in [0.05, 0.1) is 18.7 Å². The van der Waals surface area contributed by atoms with E-state index in [9.17, 15) is 9.59 Å². The molecule has 0 radical (unpaired) electrons. The lowest BCUT2D eigenvalue weighted by atomic mass is 9.75. The van der Waals surface area contributed by atoms with Crippen LogP contribution in [0.4, 0.5) is 0 Å². The van der Waals surface area contributed by atoms with Gasteiger partial charge in [-0.1, -0.05) is 6.07 Å². The Bertz CT molecular complexity index is 648. The van der Waals surface area contributed by atoms with Gasteiger partial charge in [0.2, 0.25) is 0 Å². The summed E-state index contributed by atoms with van der Waals surface area (Å²) in [7, 11) is 0. The molecule has 0 saturated carbocycles. The van der Waals surface area contributed by atoms with Gasteiger partial charge in [0.25, 0.3) is 0 Å². The lowest BCUT2D eigenvalue weighted by molar-refractivity contribution is -0.140. The van der Waals surface area contributed by atoms with Crippen LogP contribution in [0.3, 0.4) is 0 Å². The Hall–Kier alpha value is -1.88. The minimum Gasteiger partial charge on any atom is -0.408 e. The number of oxazole rings is 1. The number of H-pyrrole nitrogens is 1. The molecule has 0 spiro atoms. The van der Waals surface area contributed by atoms with Crippen LogP contribution in [-0.2, 0) is 14.9 Å². The van der Waals surface area contributed by atoms with E-state index in [0.717, 1.165) is 5.56 Å². The maximum atomic E-state index is 11.7. The van der Waals surface area contributed by atoms with Crippen LogP contribution in [0, 0.1) is 0 Å². The fraction of sp³-hybridized carbons (Fsp3) is 0.333. The second-order valence-electron chi connectivity index (χ2n) is 4.36. The van der Waals surface area contributed by atoms with Gasteiger partial charge in [-0.05, 0) is 24.6 Å². The Morgan fingerprint density at radius 1 is 1.41 bits per heavy atom. The zero-order valence-electron chi connectivity index (χ0n) is 9.28. The summed E-state index contributed by atoms with van der Waals surface area (Å²) in [6.07, 6.45) is 0. The molecule has 0 amide bonds. The van der Waals surface area contributed by atoms with Gasteiger partial charge in [0, 0.05) is 0 Å². The molecule has 17 heavy (non-hydrogen) atoms. The lowest BCUT2D eigenvalue weighted by Crippen LogP contribution is -2.52. The first-order valence-corrected chi connectivity index (χ1v) is 5.34. The highest BCUT2D eigenvalue weighted by Crippen LogP contribution is 2.34. The predicted molar refractivity (Wildman–Crippen MR) is 60.0 cm³/mol. The Kier molecular flexibility index (Phi) is 2.00. The number of aromatic amines is 1. The maximum absolute atomic E-state index is 11.7. The SMILES string of the molecule is CC(=O)C1(c2ccc3[nH]c(=O)oc3c2)COC1. The molecular weight excluding hydrogens is 222 g/mol. The molecule has 1 aliphatic rings. The number of Topliss-reactive ketones (excluding diaryl/α,β-unsaturated/α-hetero) is 1. The largest absolute Gasteiger partial charge is 0.417 e. The molecule has 1 aliphatic heterocycles. The minimum absolute atomic E-state index is 0.0704. The van der Waals surface area contributed by atoms with Crippen LogP contribution in [0.1, 0.15) is 12.5 Å². The van der Waals surface area contributed by atoms with Gasteiger partial charge in [0.1, 0.15) is 11.2 Å². The highest BCUT2D eigenvalue weighted by molar-refractivity contribution is 5.90. The number of hydrogen-bond acceptors (Lipinski definition) is 4. The molecule has 1 fully saturated rings. The Balaban J connectivity index is 2.17. The van der Waals surface area contributed by atoms with Gasteiger partial charge in [0.15, 0.2) is 5.58 Å². The highest BCUT2D eigenvalue weighted by atomic mass is 16.5. The number of hydrogen-bond donors (Lipinski definition) is 1. The molecule has 0 unspecified atom stereocenters. The molecular formula is C12H11NO4. The predicted octanol–water partition coefficient (Wildman–Crippen LogP) is 0.978. The number of carbonyl (C=O) groups excluding carboxylic acids is 1. The van der Waals surface area contributed by atoms with E-state index in [2.05, 4.69) is 4.98 Å². The summed E-state index contributed by atoms with van der Waals surface area (Å²) in [6.45, 7) is 2.34. The van der Waals surface area contributed by atoms with Crippen molar-refractivity contribution < 1.29 is 13.9 Å². The molecule has 5 nitrogen and oxygen atoms in total. The van der Waals surface area contributed by atoms with Crippen LogP contribution in [0.2, 0.25) is 0 Å². The van der Waals surface area contributed by atoms with Crippen LogP contribution >= 0.6 is 0 Å². The molecule has 1 saturated heterocycles. The fourth-order valence-electron chi connectivity index (χ4n) is 2.12. The van der Waals surface area contributed by atoms with Gasteiger partial charge >= 0.3 is 5.76 Å². The van der Waals surface area contributed by atoms with Gasteiger partial charge in [-0.25, -0.2) is 4.79 Å². The average Bonchev–Trinajstić information content (AvgIpc) is 2.54. The normalized spacial score (nSPS) is 17.9. The summed E-state index contributed by atoms with van der Waals surface area (Å²) in [4.78, 5) is 25.3. The number of fused-ring (bicyclic) bond motifs is 1. The molecule has 1 aromatic heterocycles. The molecule has 3 rings (SSSR count). The van der Waals surface area contributed by atoms with Crippen molar-refractivity contribution in [1.82, 2.24) is 4.98 Å². The summed E-state index contributed by atoms with van der Waals surface area (Å²) in [6, 6.07) is 5.31. The van der Waals surface area contributed by atoms with Crippen LogP contribution in [0.15, 0.2) is 27.4 Å².